The first-order chi connectivity index (χ1) is 9.65. The van der Waals surface area contributed by atoms with Gasteiger partial charge in [0.25, 0.3) is 5.69 Å². The molecule has 0 unspecified atom stereocenters. The van der Waals surface area contributed by atoms with E-state index in [1.54, 1.807) is 12.1 Å². The standard InChI is InChI=1S/C16H16N2O2/c1-12-9-14-6-2-3-8-16(14)17(12)11-13-5-4-7-15(10-13)18(19)20/h2-8,10,12H,9,11H2,1H3/t12-/m1/s1. The lowest BCUT2D eigenvalue weighted by molar-refractivity contribution is -0.384. The van der Waals surface area contributed by atoms with E-state index < -0.39 is 0 Å². The van der Waals surface area contributed by atoms with Crippen LogP contribution in [0.2, 0.25) is 0 Å². The largest absolute Gasteiger partial charge is 0.364 e. The van der Waals surface area contributed by atoms with Gasteiger partial charge < -0.3 is 4.90 Å². The Hall–Kier alpha value is -2.36. The molecule has 0 spiro atoms. The number of rotatable bonds is 3. The van der Waals surface area contributed by atoms with Crippen molar-refractivity contribution >= 4 is 11.4 Å². The van der Waals surface area contributed by atoms with E-state index in [-0.39, 0.29) is 10.6 Å². The summed E-state index contributed by atoms with van der Waals surface area (Å²) in [6, 6.07) is 15.7. The van der Waals surface area contributed by atoms with Gasteiger partial charge in [-0.15, -0.1) is 0 Å². The molecule has 0 aliphatic carbocycles. The molecule has 102 valence electrons. The van der Waals surface area contributed by atoms with Crippen LogP contribution in [0.3, 0.4) is 0 Å². The van der Waals surface area contributed by atoms with E-state index in [2.05, 4.69) is 30.0 Å². The molecule has 20 heavy (non-hydrogen) atoms. The van der Waals surface area contributed by atoms with Crippen molar-refractivity contribution < 1.29 is 4.92 Å². The molecule has 2 aromatic carbocycles. The minimum absolute atomic E-state index is 0.155. The van der Waals surface area contributed by atoms with Crippen molar-refractivity contribution in [3.63, 3.8) is 0 Å². The Morgan fingerprint density at radius 2 is 2.05 bits per heavy atom. The molecule has 4 heteroatoms. The average Bonchev–Trinajstić information content (AvgIpc) is 2.76. The predicted octanol–water partition coefficient (Wildman–Crippen LogP) is 3.55. The van der Waals surface area contributed by atoms with Crippen molar-refractivity contribution in [2.24, 2.45) is 0 Å². The van der Waals surface area contributed by atoms with Gasteiger partial charge in [-0.3, -0.25) is 10.1 Å². The molecule has 0 bridgehead atoms. The lowest BCUT2D eigenvalue weighted by atomic mass is 10.1. The molecule has 0 saturated heterocycles. The summed E-state index contributed by atoms with van der Waals surface area (Å²) in [6.07, 6.45) is 1.03. The third-order valence-corrected chi connectivity index (χ3v) is 3.82. The number of para-hydroxylation sites is 1. The number of hydrogen-bond donors (Lipinski definition) is 0. The van der Waals surface area contributed by atoms with Gasteiger partial charge >= 0.3 is 0 Å². The Labute approximate surface area is 117 Å². The summed E-state index contributed by atoms with van der Waals surface area (Å²) < 4.78 is 0. The van der Waals surface area contributed by atoms with Gasteiger partial charge in [0, 0.05) is 30.4 Å². The molecule has 4 nitrogen and oxygen atoms in total. The highest BCUT2D eigenvalue weighted by Crippen LogP contribution is 2.33. The van der Waals surface area contributed by atoms with Gasteiger partial charge in [0.2, 0.25) is 0 Å². The normalized spacial score (nSPS) is 17.1. The highest BCUT2D eigenvalue weighted by molar-refractivity contribution is 5.59. The van der Waals surface area contributed by atoms with Crippen molar-refractivity contribution in [3.8, 4) is 0 Å². The fraction of sp³-hybridized carbons (Fsp3) is 0.250. The van der Waals surface area contributed by atoms with Crippen LogP contribution in [0, 0.1) is 10.1 Å². The van der Waals surface area contributed by atoms with Crippen LogP contribution >= 0.6 is 0 Å². The summed E-state index contributed by atoms with van der Waals surface area (Å²) in [4.78, 5) is 12.8. The topological polar surface area (TPSA) is 46.4 Å². The Bertz CT molecular complexity index is 654. The van der Waals surface area contributed by atoms with Gasteiger partial charge in [0.1, 0.15) is 0 Å². The first-order valence-corrected chi connectivity index (χ1v) is 6.73. The van der Waals surface area contributed by atoms with Crippen LogP contribution in [-0.4, -0.2) is 11.0 Å². The van der Waals surface area contributed by atoms with Gasteiger partial charge in [-0.05, 0) is 30.5 Å². The number of nitro groups is 1. The minimum Gasteiger partial charge on any atom is -0.364 e. The van der Waals surface area contributed by atoms with Gasteiger partial charge in [-0.25, -0.2) is 0 Å². The number of nitrogens with zero attached hydrogens (tertiary/aromatic N) is 2. The second kappa shape index (κ2) is 4.96. The Morgan fingerprint density at radius 3 is 2.85 bits per heavy atom. The van der Waals surface area contributed by atoms with E-state index in [4.69, 9.17) is 0 Å². The van der Waals surface area contributed by atoms with Gasteiger partial charge in [0.05, 0.1) is 4.92 Å². The van der Waals surface area contributed by atoms with Gasteiger partial charge in [-0.1, -0.05) is 30.3 Å². The van der Waals surface area contributed by atoms with Crippen molar-refractivity contribution in [3.05, 3.63) is 69.8 Å². The van der Waals surface area contributed by atoms with E-state index >= 15 is 0 Å². The molecule has 1 heterocycles. The maximum Gasteiger partial charge on any atom is 0.269 e. The number of fused-ring (bicyclic) bond motifs is 1. The quantitative estimate of drug-likeness (QED) is 0.631. The summed E-state index contributed by atoms with van der Waals surface area (Å²) in [5.74, 6) is 0. The lowest BCUT2D eigenvalue weighted by Crippen LogP contribution is -2.28. The number of benzene rings is 2. The molecule has 0 aromatic heterocycles. The van der Waals surface area contributed by atoms with Gasteiger partial charge in [0.15, 0.2) is 0 Å². The summed E-state index contributed by atoms with van der Waals surface area (Å²) >= 11 is 0. The molecule has 1 aliphatic rings. The smallest absolute Gasteiger partial charge is 0.269 e. The summed E-state index contributed by atoms with van der Waals surface area (Å²) in [5, 5.41) is 10.8. The molecule has 0 amide bonds. The van der Waals surface area contributed by atoms with E-state index in [0.29, 0.717) is 12.6 Å². The molecule has 1 atom stereocenters. The van der Waals surface area contributed by atoms with Gasteiger partial charge in [-0.2, -0.15) is 0 Å². The van der Waals surface area contributed by atoms with Crippen LogP contribution in [0.25, 0.3) is 0 Å². The minimum atomic E-state index is -0.342. The van der Waals surface area contributed by atoms with Crippen LogP contribution in [-0.2, 0) is 13.0 Å². The number of nitro benzene ring substituents is 1. The number of non-ortho nitro benzene ring substituents is 1. The summed E-state index contributed by atoms with van der Waals surface area (Å²) in [6.45, 7) is 2.90. The molecule has 0 saturated carbocycles. The second-order valence-electron chi connectivity index (χ2n) is 5.24. The van der Waals surface area contributed by atoms with Crippen molar-refractivity contribution in [2.75, 3.05) is 4.90 Å². The fourth-order valence-corrected chi connectivity index (χ4v) is 2.84. The first kappa shape index (κ1) is 12.7. The molecule has 0 N–H and O–H groups in total. The monoisotopic (exact) mass is 268 g/mol. The first-order valence-electron chi connectivity index (χ1n) is 6.73. The molecule has 1 aliphatic heterocycles. The predicted molar refractivity (Wildman–Crippen MR) is 78.9 cm³/mol. The number of anilines is 1. The maximum atomic E-state index is 10.8. The third-order valence-electron chi connectivity index (χ3n) is 3.82. The zero-order valence-corrected chi connectivity index (χ0v) is 11.3. The highest BCUT2D eigenvalue weighted by Gasteiger charge is 2.25. The van der Waals surface area contributed by atoms with Crippen LogP contribution in [0.15, 0.2) is 48.5 Å². The Kier molecular flexibility index (Phi) is 3.14. The second-order valence-corrected chi connectivity index (χ2v) is 5.24. The summed E-state index contributed by atoms with van der Waals surface area (Å²) in [7, 11) is 0. The van der Waals surface area contributed by atoms with Crippen LogP contribution in [0.1, 0.15) is 18.1 Å². The Balaban J connectivity index is 1.88. The zero-order chi connectivity index (χ0) is 14.1. The van der Waals surface area contributed by atoms with Crippen LogP contribution in [0.5, 0.6) is 0 Å². The summed E-state index contributed by atoms with van der Waals surface area (Å²) in [5.41, 5.74) is 3.72. The third kappa shape index (κ3) is 2.25. The molecule has 2 aromatic rings. The maximum absolute atomic E-state index is 10.8. The van der Waals surface area contributed by atoms with Crippen molar-refractivity contribution in [1.29, 1.82) is 0 Å². The van der Waals surface area contributed by atoms with Crippen molar-refractivity contribution in [1.82, 2.24) is 0 Å². The molecule has 0 radical (unpaired) electrons. The molecule has 0 fully saturated rings. The van der Waals surface area contributed by atoms with E-state index in [0.717, 1.165) is 12.0 Å². The highest BCUT2D eigenvalue weighted by atomic mass is 16.6. The van der Waals surface area contributed by atoms with Crippen LogP contribution in [0.4, 0.5) is 11.4 Å². The molecular formula is C16H16N2O2. The molecular weight excluding hydrogens is 252 g/mol. The van der Waals surface area contributed by atoms with E-state index in [1.165, 1.54) is 17.3 Å². The number of hydrogen-bond acceptors (Lipinski definition) is 3. The average molecular weight is 268 g/mol. The zero-order valence-electron chi connectivity index (χ0n) is 11.3. The van der Waals surface area contributed by atoms with Crippen LogP contribution < -0.4 is 4.90 Å². The SMILES string of the molecule is C[C@@H]1Cc2ccccc2N1Cc1cccc([N+](=O)[O-])c1. The van der Waals surface area contributed by atoms with E-state index in [1.807, 2.05) is 12.1 Å². The van der Waals surface area contributed by atoms with Crippen molar-refractivity contribution in [2.45, 2.75) is 25.9 Å². The van der Waals surface area contributed by atoms with E-state index in [9.17, 15) is 10.1 Å². The fourth-order valence-electron chi connectivity index (χ4n) is 2.84. The Morgan fingerprint density at radius 1 is 1.25 bits per heavy atom. The molecule has 3 rings (SSSR count). The lowest BCUT2D eigenvalue weighted by Gasteiger charge is -2.24.